The molecule has 34 heavy (non-hydrogen) atoms. The molecule has 1 fully saturated rings. The number of carbonyl (C=O) groups excluding carboxylic acids is 2. The zero-order chi connectivity index (χ0) is 23.7. The number of rotatable bonds is 4. The summed E-state index contributed by atoms with van der Waals surface area (Å²) in [6, 6.07) is 22.0. The summed E-state index contributed by atoms with van der Waals surface area (Å²) >= 11 is 1.51. The minimum Gasteiger partial charge on any atom is -0.339 e. The average Bonchev–Trinajstić information content (AvgIpc) is 3.39. The molecule has 5 heteroatoms. The van der Waals surface area contributed by atoms with Crippen molar-refractivity contribution >= 4 is 35.3 Å². The molecule has 2 aliphatic rings. The Morgan fingerprint density at radius 3 is 2.47 bits per heavy atom. The van der Waals surface area contributed by atoms with Gasteiger partial charge in [0.1, 0.15) is 0 Å². The van der Waals surface area contributed by atoms with Gasteiger partial charge >= 0.3 is 0 Å². The van der Waals surface area contributed by atoms with Crippen molar-refractivity contribution in [3.8, 4) is 0 Å². The first-order chi connectivity index (χ1) is 16.5. The van der Waals surface area contributed by atoms with Crippen LogP contribution in [0.1, 0.15) is 45.5 Å². The van der Waals surface area contributed by atoms with Crippen molar-refractivity contribution in [2.24, 2.45) is 0 Å². The van der Waals surface area contributed by atoms with Crippen molar-refractivity contribution in [1.82, 2.24) is 4.90 Å². The third kappa shape index (κ3) is 4.53. The Labute approximate surface area is 205 Å². The molecule has 0 N–H and O–H groups in total. The second-order valence-electron chi connectivity index (χ2n) is 9.02. The Morgan fingerprint density at radius 2 is 1.71 bits per heavy atom. The van der Waals surface area contributed by atoms with Gasteiger partial charge < -0.3 is 9.80 Å². The van der Waals surface area contributed by atoms with Crippen molar-refractivity contribution in [3.05, 3.63) is 99.5 Å². The number of carbonyl (C=O) groups is 2. The molecule has 0 radical (unpaired) electrons. The van der Waals surface area contributed by atoms with Gasteiger partial charge in [0.05, 0.1) is 17.1 Å². The van der Waals surface area contributed by atoms with Crippen LogP contribution in [0.15, 0.2) is 76.5 Å². The van der Waals surface area contributed by atoms with E-state index in [1.54, 1.807) is 0 Å². The Hall–Kier alpha value is -3.31. The molecule has 5 rings (SSSR count). The van der Waals surface area contributed by atoms with Gasteiger partial charge in [-0.15, -0.1) is 0 Å². The molecule has 1 saturated heterocycles. The molecule has 172 valence electrons. The number of para-hydroxylation sites is 1. The molecular formula is C29H28N2O2S. The van der Waals surface area contributed by atoms with Crippen molar-refractivity contribution < 1.29 is 9.59 Å². The fourth-order valence-electron chi connectivity index (χ4n) is 4.54. The van der Waals surface area contributed by atoms with Crippen LogP contribution in [0.3, 0.4) is 0 Å². The molecule has 2 amide bonds. The number of thioether (sulfide) groups is 1. The minimum atomic E-state index is 0.00169. The summed E-state index contributed by atoms with van der Waals surface area (Å²) in [6.07, 6.45) is 4.09. The summed E-state index contributed by atoms with van der Waals surface area (Å²) in [5, 5.41) is 0. The molecule has 4 nitrogen and oxygen atoms in total. The van der Waals surface area contributed by atoms with E-state index >= 15 is 0 Å². The third-order valence-electron chi connectivity index (χ3n) is 6.51. The van der Waals surface area contributed by atoms with Crippen LogP contribution in [0.5, 0.6) is 0 Å². The first-order valence-electron chi connectivity index (χ1n) is 11.8. The lowest BCUT2D eigenvalue weighted by Gasteiger charge is -2.31. The van der Waals surface area contributed by atoms with Crippen LogP contribution >= 0.6 is 11.8 Å². The molecule has 3 aromatic carbocycles. The number of hydrogen-bond acceptors (Lipinski definition) is 3. The van der Waals surface area contributed by atoms with E-state index in [4.69, 9.17) is 0 Å². The first-order valence-corrected chi connectivity index (χ1v) is 12.6. The van der Waals surface area contributed by atoms with E-state index < -0.39 is 0 Å². The van der Waals surface area contributed by atoms with Gasteiger partial charge in [0.25, 0.3) is 11.8 Å². The summed E-state index contributed by atoms with van der Waals surface area (Å²) in [7, 11) is 0. The van der Waals surface area contributed by atoms with Gasteiger partial charge in [-0.1, -0.05) is 59.8 Å². The maximum Gasteiger partial charge on any atom is 0.265 e. The fourth-order valence-corrected chi connectivity index (χ4v) is 5.60. The second-order valence-corrected chi connectivity index (χ2v) is 10.1. The number of fused-ring (bicyclic) bond motifs is 1. The van der Waals surface area contributed by atoms with Crippen LogP contribution in [-0.2, 0) is 11.3 Å². The first kappa shape index (κ1) is 22.5. The van der Waals surface area contributed by atoms with E-state index in [2.05, 4.69) is 38.1 Å². The van der Waals surface area contributed by atoms with Gasteiger partial charge in [0, 0.05) is 23.5 Å². The molecule has 0 unspecified atom stereocenters. The predicted octanol–water partition coefficient (Wildman–Crippen LogP) is 6.22. The van der Waals surface area contributed by atoms with Crippen LogP contribution in [-0.4, -0.2) is 29.8 Å². The van der Waals surface area contributed by atoms with Crippen molar-refractivity contribution in [2.75, 3.05) is 18.0 Å². The summed E-state index contributed by atoms with van der Waals surface area (Å²) < 4.78 is 0. The molecule has 0 aliphatic carbocycles. The molecule has 2 heterocycles. The summed E-state index contributed by atoms with van der Waals surface area (Å²) in [4.78, 5) is 31.8. The van der Waals surface area contributed by atoms with Gasteiger partial charge in [-0.25, -0.2) is 0 Å². The largest absolute Gasteiger partial charge is 0.339 e. The highest BCUT2D eigenvalue weighted by molar-refractivity contribution is 8.04. The van der Waals surface area contributed by atoms with Gasteiger partial charge in [-0.05, 0) is 73.7 Å². The second kappa shape index (κ2) is 9.51. The highest BCUT2D eigenvalue weighted by Crippen LogP contribution is 2.42. The quantitative estimate of drug-likeness (QED) is 0.427. The van der Waals surface area contributed by atoms with Crippen LogP contribution in [0.2, 0.25) is 0 Å². The smallest absolute Gasteiger partial charge is 0.265 e. The highest BCUT2D eigenvalue weighted by Gasteiger charge is 2.29. The molecule has 0 aromatic heterocycles. The average molecular weight is 469 g/mol. The summed E-state index contributed by atoms with van der Waals surface area (Å²) in [5.74, 6) is 0.0928. The van der Waals surface area contributed by atoms with E-state index in [0.29, 0.717) is 17.0 Å². The lowest BCUT2D eigenvalue weighted by Crippen LogP contribution is -2.34. The van der Waals surface area contributed by atoms with Gasteiger partial charge in [0.2, 0.25) is 0 Å². The van der Waals surface area contributed by atoms with E-state index in [1.165, 1.54) is 22.9 Å². The normalized spacial score (nSPS) is 16.8. The molecule has 0 spiro atoms. The van der Waals surface area contributed by atoms with Gasteiger partial charge in [-0.2, -0.15) is 0 Å². The molecule has 0 saturated carbocycles. The van der Waals surface area contributed by atoms with Crippen molar-refractivity contribution in [3.63, 3.8) is 0 Å². The number of nitrogens with zero attached hydrogens (tertiary/aromatic N) is 2. The molecule has 0 atom stereocenters. The van der Waals surface area contributed by atoms with Crippen molar-refractivity contribution in [2.45, 2.75) is 38.1 Å². The molecule has 2 aliphatic heterocycles. The minimum absolute atomic E-state index is 0.00169. The molecule has 0 bridgehead atoms. The maximum absolute atomic E-state index is 13.6. The predicted molar refractivity (Wildman–Crippen MR) is 139 cm³/mol. The fraction of sp³-hybridized carbons (Fsp3) is 0.241. The Balaban J connectivity index is 1.43. The molecule has 3 aromatic rings. The van der Waals surface area contributed by atoms with Crippen LogP contribution in [0, 0.1) is 13.8 Å². The van der Waals surface area contributed by atoms with E-state index in [1.807, 2.05) is 58.3 Å². The van der Waals surface area contributed by atoms with Gasteiger partial charge in [-0.3, -0.25) is 9.59 Å². The highest BCUT2D eigenvalue weighted by atomic mass is 32.2. The van der Waals surface area contributed by atoms with Crippen molar-refractivity contribution in [1.29, 1.82) is 0 Å². The Morgan fingerprint density at radius 1 is 0.971 bits per heavy atom. The van der Waals surface area contributed by atoms with Crippen LogP contribution in [0.25, 0.3) is 6.08 Å². The monoisotopic (exact) mass is 468 g/mol. The summed E-state index contributed by atoms with van der Waals surface area (Å²) in [5.41, 5.74) is 6.08. The number of aryl methyl sites for hydroxylation is 2. The summed E-state index contributed by atoms with van der Waals surface area (Å²) in [6.45, 7) is 6.38. The Kier molecular flexibility index (Phi) is 6.29. The lowest BCUT2D eigenvalue weighted by molar-refractivity contribution is -0.114. The zero-order valence-corrected chi connectivity index (χ0v) is 20.4. The molecular weight excluding hydrogens is 440 g/mol. The number of likely N-dealkylation sites (tertiary alicyclic amines) is 1. The van der Waals surface area contributed by atoms with E-state index in [-0.39, 0.29) is 11.8 Å². The van der Waals surface area contributed by atoms with E-state index in [0.717, 1.165) is 47.6 Å². The van der Waals surface area contributed by atoms with Gasteiger partial charge in [0.15, 0.2) is 0 Å². The standard InChI is InChI=1S/C29H28N2O2S/c1-20-9-10-21(2)24(17-20)19-31-25-7-3-4-8-26(25)34-27(29(31)33)18-22-11-13-23(14-12-22)28(32)30-15-5-6-16-30/h3-4,7-14,17-18H,5-6,15-16,19H2,1-2H3. The maximum atomic E-state index is 13.6. The van der Waals surface area contributed by atoms with Crippen LogP contribution < -0.4 is 4.90 Å². The van der Waals surface area contributed by atoms with E-state index in [9.17, 15) is 9.59 Å². The van der Waals surface area contributed by atoms with Crippen LogP contribution in [0.4, 0.5) is 5.69 Å². The number of benzene rings is 3. The lowest BCUT2D eigenvalue weighted by atomic mass is 10.0. The number of anilines is 1. The third-order valence-corrected chi connectivity index (χ3v) is 7.59. The number of hydrogen-bond donors (Lipinski definition) is 0. The number of amides is 2. The zero-order valence-electron chi connectivity index (χ0n) is 19.6. The topological polar surface area (TPSA) is 40.6 Å². The Bertz CT molecular complexity index is 1270. The SMILES string of the molecule is Cc1ccc(C)c(CN2C(=O)C(=Cc3ccc(C(=O)N4CCCC4)cc3)Sc3ccccc32)c1.